The van der Waals surface area contributed by atoms with Gasteiger partial charge in [0.1, 0.15) is 0 Å². The average Bonchev–Trinajstić information content (AvgIpc) is 2.00. The van der Waals surface area contributed by atoms with Crippen LogP contribution in [0, 0.1) is 5.92 Å². The Morgan fingerprint density at radius 3 is 2.33 bits per heavy atom. The van der Waals surface area contributed by atoms with Gasteiger partial charge in [-0.15, -0.1) is 0 Å². The highest BCUT2D eigenvalue weighted by Crippen LogP contribution is 2.06. The molecule has 3 nitrogen and oxygen atoms in total. The number of alkyl carbamates (subject to hydrolysis) is 1. The molecule has 12 heavy (non-hydrogen) atoms. The molecule has 1 N–H and O–H groups in total. The lowest BCUT2D eigenvalue weighted by Gasteiger charge is -2.13. The first-order chi connectivity index (χ1) is 5.56. The molecule has 0 spiro atoms. The van der Waals surface area contributed by atoms with Crippen LogP contribution in [-0.2, 0) is 4.74 Å². The molecule has 0 bridgehead atoms. The molecule has 0 heterocycles. The molecule has 3 heteroatoms. The molecular weight excluding hydrogens is 154 g/mol. The van der Waals surface area contributed by atoms with Crippen LogP contribution >= 0.6 is 0 Å². The van der Waals surface area contributed by atoms with Crippen LogP contribution in [0.5, 0.6) is 0 Å². The summed E-state index contributed by atoms with van der Waals surface area (Å²) in [5.74, 6) is 0.687. The highest BCUT2D eigenvalue weighted by Gasteiger charge is 2.06. The van der Waals surface area contributed by atoms with Gasteiger partial charge in [-0.1, -0.05) is 13.8 Å². The summed E-state index contributed by atoms with van der Waals surface area (Å²) in [4.78, 5) is 10.7. The van der Waals surface area contributed by atoms with Gasteiger partial charge in [0.2, 0.25) is 0 Å². The number of rotatable bonds is 4. The van der Waals surface area contributed by atoms with Gasteiger partial charge in [-0.3, -0.25) is 0 Å². The van der Waals surface area contributed by atoms with Crippen molar-refractivity contribution in [2.45, 2.75) is 39.7 Å². The second kappa shape index (κ2) is 5.86. The van der Waals surface area contributed by atoms with E-state index in [0.717, 1.165) is 12.8 Å². The minimum Gasteiger partial charge on any atom is -0.453 e. The van der Waals surface area contributed by atoms with Crippen LogP contribution in [0.25, 0.3) is 0 Å². The average molecular weight is 173 g/mol. The number of nitrogens with one attached hydrogen (secondary N) is 1. The Labute approximate surface area is 74.5 Å². The number of ether oxygens (including phenoxy) is 1. The van der Waals surface area contributed by atoms with Gasteiger partial charge in [0.25, 0.3) is 0 Å². The lowest BCUT2D eigenvalue weighted by Crippen LogP contribution is -2.32. The molecule has 0 rings (SSSR count). The maximum Gasteiger partial charge on any atom is 0.407 e. The molecular formula is C9H19NO2. The number of hydrogen-bond donors (Lipinski definition) is 1. The van der Waals surface area contributed by atoms with E-state index in [1.807, 2.05) is 6.92 Å². The molecule has 0 aliphatic rings. The van der Waals surface area contributed by atoms with Crippen LogP contribution in [0.4, 0.5) is 4.79 Å². The van der Waals surface area contributed by atoms with E-state index in [2.05, 4.69) is 23.9 Å². The van der Waals surface area contributed by atoms with Gasteiger partial charge in [-0.2, -0.15) is 0 Å². The molecule has 0 saturated heterocycles. The number of carbonyl (C=O) groups excluding carboxylic acids is 1. The zero-order valence-corrected chi connectivity index (χ0v) is 8.39. The van der Waals surface area contributed by atoms with E-state index in [1.54, 1.807) is 0 Å². The van der Waals surface area contributed by atoms with Gasteiger partial charge in [-0.05, 0) is 25.7 Å². The summed E-state index contributed by atoms with van der Waals surface area (Å²) in [6.45, 7) is 6.33. The third-order valence-corrected chi connectivity index (χ3v) is 1.73. The first-order valence-electron chi connectivity index (χ1n) is 4.40. The topological polar surface area (TPSA) is 38.3 Å². The van der Waals surface area contributed by atoms with E-state index in [1.165, 1.54) is 7.11 Å². The molecule has 1 amide bonds. The van der Waals surface area contributed by atoms with Crippen LogP contribution in [0.1, 0.15) is 33.6 Å². The van der Waals surface area contributed by atoms with Crippen LogP contribution in [0.3, 0.4) is 0 Å². The quantitative estimate of drug-likeness (QED) is 0.707. The molecule has 0 fully saturated rings. The van der Waals surface area contributed by atoms with E-state index in [9.17, 15) is 4.79 Å². The fourth-order valence-corrected chi connectivity index (χ4v) is 0.916. The molecule has 0 aromatic rings. The fraction of sp³-hybridized carbons (Fsp3) is 0.889. The van der Waals surface area contributed by atoms with Crippen molar-refractivity contribution in [3.63, 3.8) is 0 Å². The van der Waals surface area contributed by atoms with Crippen molar-refractivity contribution in [3.05, 3.63) is 0 Å². The minimum absolute atomic E-state index is 0.208. The second-order valence-electron chi connectivity index (χ2n) is 3.51. The van der Waals surface area contributed by atoms with Crippen molar-refractivity contribution in [3.8, 4) is 0 Å². The summed E-state index contributed by atoms with van der Waals surface area (Å²) in [5.41, 5.74) is 0. The molecule has 0 aliphatic carbocycles. The normalized spacial score (nSPS) is 12.8. The molecule has 0 radical (unpaired) electrons. The van der Waals surface area contributed by atoms with E-state index in [-0.39, 0.29) is 12.1 Å². The molecule has 72 valence electrons. The third-order valence-electron chi connectivity index (χ3n) is 1.73. The maximum absolute atomic E-state index is 10.7. The zero-order valence-electron chi connectivity index (χ0n) is 8.39. The van der Waals surface area contributed by atoms with E-state index < -0.39 is 0 Å². The van der Waals surface area contributed by atoms with Crippen molar-refractivity contribution in [2.24, 2.45) is 5.92 Å². The summed E-state index contributed by atoms with van der Waals surface area (Å²) >= 11 is 0. The van der Waals surface area contributed by atoms with Gasteiger partial charge >= 0.3 is 6.09 Å². The van der Waals surface area contributed by atoms with Crippen LogP contribution in [0.15, 0.2) is 0 Å². The third kappa shape index (κ3) is 6.01. The number of methoxy groups -OCH3 is 1. The van der Waals surface area contributed by atoms with Crippen LogP contribution < -0.4 is 5.32 Å². The highest BCUT2D eigenvalue weighted by molar-refractivity contribution is 5.67. The van der Waals surface area contributed by atoms with Crippen molar-refractivity contribution >= 4 is 6.09 Å². The number of amides is 1. The number of hydrogen-bond acceptors (Lipinski definition) is 2. The maximum atomic E-state index is 10.7. The van der Waals surface area contributed by atoms with Crippen molar-refractivity contribution in [2.75, 3.05) is 7.11 Å². The first-order valence-corrected chi connectivity index (χ1v) is 4.40. The van der Waals surface area contributed by atoms with E-state index in [0.29, 0.717) is 5.92 Å². The Morgan fingerprint density at radius 1 is 1.33 bits per heavy atom. The molecule has 1 unspecified atom stereocenters. The van der Waals surface area contributed by atoms with Crippen LogP contribution in [-0.4, -0.2) is 19.2 Å². The monoisotopic (exact) mass is 173 g/mol. The Kier molecular flexibility index (Phi) is 5.51. The standard InChI is InChI=1S/C9H19NO2/c1-7(2)5-6-8(3)10-9(11)12-4/h7-8H,5-6H2,1-4H3,(H,10,11). The fourth-order valence-electron chi connectivity index (χ4n) is 0.916. The summed E-state index contributed by atoms with van der Waals surface area (Å²) in [7, 11) is 1.38. The molecule has 0 aromatic carbocycles. The summed E-state index contributed by atoms with van der Waals surface area (Å²) < 4.78 is 4.48. The lowest BCUT2D eigenvalue weighted by molar-refractivity contribution is 0.166. The van der Waals surface area contributed by atoms with E-state index in [4.69, 9.17) is 0 Å². The summed E-state index contributed by atoms with van der Waals surface area (Å²) in [6.07, 6.45) is 1.80. The molecule has 0 saturated carbocycles. The Bertz CT molecular complexity index is 134. The lowest BCUT2D eigenvalue weighted by atomic mass is 10.0. The SMILES string of the molecule is COC(=O)NC(C)CCC(C)C. The van der Waals surface area contributed by atoms with Crippen molar-refractivity contribution in [1.82, 2.24) is 5.32 Å². The Morgan fingerprint density at radius 2 is 1.92 bits per heavy atom. The largest absolute Gasteiger partial charge is 0.453 e. The van der Waals surface area contributed by atoms with Gasteiger partial charge in [0, 0.05) is 6.04 Å². The van der Waals surface area contributed by atoms with E-state index >= 15 is 0 Å². The molecule has 1 atom stereocenters. The second-order valence-corrected chi connectivity index (χ2v) is 3.51. The van der Waals surface area contributed by atoms with Crippen molar-refractivity contribution < 1.29 is 9.53 Å². The Hall–Kier alpha value is -0.730. The van der Waals surface area contributed by atoms with Gasteiger partial charge in [-0.25, -0.2) is 4.79 Å². The van der Waals surface area contributed by atoms with Crippen molar-refractivity contribution in [1.29, 1.82) is 0 Å². The zero-order chi connectivity index (χ0) is 9.56. The van der Waals surface area contributed by atoms with Gasteiger partial charge in [0.15, 0.2) is 0 Å². The Balaban J connectivity index is 3.45. The summed E-state index contributed by atoms with van der Waals surface area (Å²) in [5, 5.41) is 2.72. The smallest absolute Gasteiger partial charge is 0.407 e. The molecule has 0 aromatic heterocycles. The first kappa shape index (κ1) is 11.3. The summed E-state index contributed by atoms with van der Waals surface area (Å²) in [6, 6.07) is 0.208. The number of carbonyl (C=O) groups is 1. The minimum atomic E-state index is -0.341. The predicted molar refractivity (Wildman–Crippen MR) is 49.1 cm³/mol. The molecule has 0 aliphatic heterocycles. The van der Waals surface area contributed by atoms with Gasteiger partial charge < -0.3 is 10.1 Å². The predicted octanol–water partition coefficient (Wildman–Crippen LogP) is 2.17. The van der Waals surface area contributed by atoms with Crippen LogP contribution in [0.2, 0.25) is 0 Å². The highest BCUT2D eigenvalue weighted by atomic mass is 16.5. The van der Waals surface area contributed by atoms with Gasteiger partial charge in [0.05, 0.1) is 7.11 Å².